The second-order valence-electron chi connectivity index (χ2n) is 6.38. The molecule has 0 radical (unpaired) electrons. The average Bonchev–Trinajstić information content (AvgIpc) is 3.04. The fourth-order valence-corrected chi connectivity index (χ4v) is 6.59. The van der Waals surface area contributed by atoms with Crippen LogP contribution < -0.4 is 4.72 Å². The van der Waals surface area contributed by atoms with Crippen molar-refractivity contribution in [1.82, 2.24) is 4.98 Å². The quantitative estimate of drug-likeness (QED) is 0.321. The van der Waals surface area contributed by atoms with Gasteiger partial charge >= 0.3 is 0 Å². The summed E-state index contributed by atoms with van der Waals surface area (Å²) < 4.78 is 42.7. The van der Waals surface area contributed by atoms with Crippen LogP contribution in [0.15, 0.2) is 68.7 Å². The third-order valence-electron chi connectivity index (χ3n) is 4.09. The largest absolute Gasteiger partial charge is 0.280 e. The summed E-state index contributed by atoms with van der Waals surface area (Å²) in [5, 5.41) is 0.174. The van der Waals surface area contributed by atoms with E-state index in [1.54, 1.807) is 23.5 Å². The lowest BCUT2D eigenvalue weighted by molar-refractivity contribution is 0.600. The Kier molecular flexibility index (Phi) is 5.96. The zero-order valence-corrected chi connectivity index (χ0v) is 19.3. The number of benzene rings is 3. The lowest BCUT2D eigenvalue weighted by Gasteiger charge is -2.11. The number of hydrogen-bond acceptors (Lipinski definition) is 5. The van der Waals surface area contributed by atoms with Crippen molar-refractivity contribution in [2.45, 2.75) is 21.1 Å². The van der Waals surface area contributed by atoms with Crippen molar-refractivity contribution in [3.8, 4) is 0 Å². The lowest BCUT2D eigenvalue weighted by Crippen LogP contribution is -2.13. The van der Waals surface area contributed by atoms with Crippen LogP contribution in [0.25, 0.3) is 10.2 Å². The predicted octanol–water partition coefficient (Wildman–Crippen LogP) is 7.00. The van der Waals surface area contributed by atoms with E-state index in [4.69, 9.17) is 23.2 Å². The molecule has 3 aromatic carbocycles. The Hall–Kier alpha value is -1.84. The Morgan fingerprint density at radius 3 is 2.57 bits per heavy atom. The first-order valence-electron chi connectivity index (χ1n) is 8.54. The number of halogens is 3. The van der Waals surface area contributed by atoms with Gasteiger partial charge in [0.1, 0.15) is 10.7 Å². The maximum Gasteiger partial charge on any atom is 0.263 e. The second-order valence-corrected chi connectivity index (χ2v) is 11.2. The molecule has 0 aliphatic heterocycles. The molecule has 1 aromatic heterocycles. The van der Waals surface area contributed by atoms with Gasteiger partial charge in [-0.25, -0.2) is 17.8 Å². The number of aromatic nitrogens is 1. The van der Waals surface area contributed by atoms with Crippen molar-refractivity contribution in [3.05, 3.63) is 76.0 Å². The fourth-order valence-electron chi connectivity index (χ4n) is 2.70. The lowest BCUT2D eigenvalue weighted by atomic mass is 10.2. The fraction of sp³-hybridized carbons (Fsp3) is 0.0500. The van der Waals surface area contributed by atoms with Gasteiger partial charge in [-0.1, -0.05) is 41.0 Å². The van der Waals surface area contributed by atoms with E-state index in [-0.39, 0.29) is 15.6 Å². The third kappa shape index (κ3) is 4.58. The van der Waals surface area contributed by atoms with Gasteiger partial charge in [-0.05, 0) is 61.0 Å². The molecule has 0 bridgehead atoms. The molecular formula is C20H13Cl2FN2O2S3. The van der Waals surface area contributed by atoms with E-state index >= 15 is 0 Å². The van der Waals surface area contributed by atoms with E-state index < -0.39 is 15.8 Å². The Balaban J connectivity index is 1.56. The molecule has 0 fully saturated rings. The number of aryl methyl sites for hydroxylation is 1. The van der Waals surface area contributed by atoms with E-state index in [2.05, 4.69) is 9.71 Å². The molecule has 0 unspecified atom stereocenters. The number of fused-ring (bicyclic) bond motifs is 1. The zero-order chi connectivity index (χ0) is 21.5. The highest BCUT2D eigenvalue weighted by Crippen LogP contribution is 2.39. The van der Waals surface area contributed by atoms with Crippen molar-refractivity contribution in [2.24, 2.45) is 0 Å². The number of nitrogens with zero attached hydrogens (tertiary/aromatic N) is 1. The van der Waals surface area contributed by atoms with Gasteiger partial charge in [0.25, 0.3) is 10.0 Å². The number of hydrogen-bond donors (Lipinski definition) is 1. The molecule has 0 amide bonds. The van der Waals surface area contributed by atoms with Gasteiger partial charge in [0.2, 0.25) is 0 Å². The van der Waals surface area contributed by atoms with Crippen LogP contribution in [-0.4, -0.2) is 13.4 Å². The van der Waals surface area contributed by atoms with Crippen LogP contribution in [0.1, 0.15) is 5.56 Å². The molecule has 10 heteroatoms. The van der Waals surface area contributed by atoms with Crippen molar-refractivity contribution in [3.63, 3.8) is 0 Å². The smallest absolute Gasteiger partial charge is 0.263 e. The summed E-state index contributed by atoms with van der Waals surface area (Å²) >= 11 is 15.2. The predicted molar refractivity (Wildman–Crippen MR) is 122 cm³/mol. The van der Waals surface area contributed by atoms with Crippen LogP contribution >= 0.6 is 46.3 Å². The molecule has 30 heavy (non-hydrogen) atoms. The van der Waals surface area contributed by atoms with Gasteiger partial charge in [-0.15, -0.1) is 11.3 Å². The maximum absolute atomic E-state index is 13.2. The minimum atomic E-state index is -4.00. The summed E-state index contributed by atoms with van der Waals surface area (Å²) in [7, 11) is -4.00. The Labute approximate surface area is 191 Å². The molecule has 1 heterocycles. The number of sulfonamides is 1. The molecule has 0 aliphatic rings. The summed E-state index contributed by atoms with van der Waals surface area (Å²) in [6.45, 7) is 2.02. The van der Waals surface area contributed by atoms with Crippen LogP contribution in [0.5, 0.6) is 0 Å². The topological polar surface area (TPSA) is 59.1 Å². The van der Waals surface area contributed by atoms with Gasteiger partial charge in [0.05, 0.1) is 25.9 Å². The van der Waals surface area contributed by atoms with E-state index in [1.165, 1.54) is 17.8 Å². The standard InChI is InChI=1S/C20H13Cl2FN2O2S3/c1-11-2-5-18-16(8-11)24-20(29-18)28-17-6-4-13(10-14(17)21)25-30(26,27)19-7-3-12(23)9-15(19)22/h2-10,25H,1H3. The van der Waals surface area contributed by atoms with E-state index in [0.29, 0.717) is 5.02 Å². The molecule has 0 saturated heterocycles. The van der Waals surface area contributed by atoms with E-state index in [9.17, 15) is 12.8 Å². The molecular weight excluding hydrogens is 486 g/mol. The molecule has 0 saturated carbocycles. The second kappa shape index (κ2) is 8.36. The molecule has 4 nitrogen and oxygen atoms in total. The number of anilines is 1. The van der Waals surface area contributed by atoms with Crippen LogP contribution in [0, 0.1) is 12.7 Å². The number of nitrogens with one attached hydrogen (secondary N) is 1. The van der Waals surface area contributed by atoms with Crippen LogP contribution in [-0.2, 0) is 10.0 Å². The van der Waals surface area contributed by atoms with Gasteiger partial charge in [-0.2, -0.15) is 0 Å². The van der Waals surface area contributed by atoms with Gasteiger partial charge in [0, 0.05) is 4.90 Å². The summed E-state index contributed by atoms with van der Waals surface area (Å²) in [5.41, 5.74) is 2.34. The maximum atomic E-state index is 13.2. The van der Waals surface area contributed by atoms with Gasteiger partial charge in [-0.3, -0.25) is 4.72 Å². The van der Waals surface area contributed by atoms with Crippen LogP contribution in [0.2, 0.25) is 10.0 Å². The summed E-state index contributed by atoms with van der Waals surface area (Å²) in [6, 6.07) is 14.0. The molecule has 154 valence electrons. The molecule has 1 N–H and O–H groups in total. The van der Waals surface area contributed by atoms with Gasteiger partial charge in [0.15, 0.2) is 4.34 Å². The highest BCUT2D eigenvalue weighted by molar-refractivity contribution is 8.01. The highest BCUT2D eigenvalue weighted by atomic mass is 35.5. The highest BCUT2D eigenvalue weighted by Gasteiger charge is 2.19. The number of rotatable bonds is 5. The molecule has 4 aromatic rings. The normalized spacial score (nSPS) is 11.7. The van der Waals surface area contributed by atoms with Crippen molar-refractivity contribution in [1.29, 1.82) is 0 Å². The first kappa shape index (κ1) is 21.4. The number of thiazole rings is 1. The summed E-state index contributed by atoms with van der Waals surface area (Å²) in [5.74, 6) is -0.617. The monoisotopic (exact) mass is 498 g/mol. The molecule has 0 spiro atoms. The molecule has 0 atom stereocenters. The third-order valence-corrected chi connectivity index (χ3v) is 8.55. The SMILES string of the molecule is Cc1ccc2sc(Sc3ccc(NS(=O)(=O)c4ccc(F)cc4Cl)cc3Cl)nc2c1. The summed E-state index contributed by atoms with van der Waals surface area (Å²) in [6.07, 6.45) is 0. The van der Waals surface area contributed by atoms with Crippen molar-refractivity contribution < 1.29 is 12.8 Å². The minimum absolute atomic E-state index is 0.202. The Bertz CT molecular complexity index is 1370. The Morgan fingerprint density at radius 1 is 1.03 bits per heavy atom. The first-order chi connectivity index (χ1) is 14.2. The van der Waals surface area contributed by atoms with Crippen LogP contribution in [0.4, 0.5) is 10.1 Å². The van der Waals surface area contributed by atoms with Crippen molar-refractivity contribution >= 4 is 72.2 Å². The van der Waals surface area contributed by atoms with Crippen LogP contribution in [0.3, 0.4) is 0 Å². The minimum Gasteiger partial charge on any atom is -0.280 e. The van der Waals surface area contributed by atoms with E-state index in [1.807, 2.05) is 25.1 Å². The van der Waals surface area contributed by atoms with E-state index in [0.717, 1.165) is 43.2 Å². The zero-order valence-electron chi connectivity index (χ0n) is 15.3. The first-order valence-corrected chi connectivity index (χ1v) is 12.4. The Morgan fingerprint density at radius 2 is 1.83 bits per heavy atom. The molecule has 4 rings (SSSR count). The van der Waals surface area contributed by atoms with Crippen molar-refractivity contribution in [2.75, 3.05) is 4.72 Å². The van der Waals surface area contributed by atoms with Gasteiger partial charge < -0.3 is 0 Å². The molecule has 0 aliphatic carbocycles. The average molecular weight is 499 g/mol. The summed E-state index contributed by atoms with van der Waals surface area (Å²) in [4.78, 5) is 5.14.